The maximum atomic E-state index is 15.4. The third-order valence-corrected chi connectivity index (χ3v) is 6.60. The summed E-state index contributed by atoms with van der Waals surface area (Å²) in [4.78, 5) is 10.6. The number of fused-ring (bicyclic) bond motifs is 1. The lowest BCUT2D eigenvalue weighted by Crippen LogP contribution is -2.46. The van der Waals surface area contributed by atoms with Gasteiger partial charge in [0.1, 0.15) is 11.3 Å². The summed E-state index contributed by atoms with van der Waals surface area (Å²) >= 11 is 6.13. The molecule has 0 spiro atoms. The van der Waals surface area contributed by atoms with E-state index >= 15 is 4.39 Å². The van der Waals surface area contributed by atoms with E-state index in [2.05, 4.69) is 26.0 Å². The molecule has 0 amide bonds. The molecule has 3 atom stereocenters. The molecule has 5 rings (SSSR count). The van der Waals surface area contributed by atoms with E-state index in [1.165, 1.54) is 7.11 Å². The number of likely N-dealkylation sites (tertiary alicyclic amines) is 1. The highest BCUT2D eigenvalue weighted by Crippen LogP contribution is 2.36. The minimum absolute atomic E-state index is 0.144. The molecule has 4 heterocycles. The van der Waals surface area contributed by atoms with Gasteiger partial charge in [-0.3, -0.25) is 4.90 Å². The van der Waals surface area contributed by atoms with Crippen LogP contribution in [-0.4, -0.2) is 70.3 Å². The summed E-state index contributed by atoms with van der Waals surface area (Å²) < 4.78 is 27.7. The zero-order valence-electron chi connectivity index (χ0n) is 17.6. The Morgan fingerprint density at radius 2 is 2.10 bits per heavy atom. The third kappa shape index (κ3) is 3.88. The highest BCUT2D eigenvalue weighted by molar-refractivity contribution is 6.29. The van der Waals surface area contributed by atoms with E-state index in [0.717, 1.165) is 48.0 Å². The molecule has 0 saturated carbocycles. The molecule has 2 fully saturated rings. The SMILES string of the molecule is COc1nc(Cl)cc(-n2ncc3cc(C)c([C@H]4CCN(C5CCOC5)C[C@H]4F)cc32)n1. The van der Waals surface area contributed by atoms with E-state index in [1.54, 1.807) is 16.9 Å². The van der Waals surface area contributed by atoms with Gasteiger partial charge in [0.15, 0.2) is 5.82 Å². The van der Waals surface area contributed by atoms with Crippen molar-refractivity contribution in [2.45, 2.75) is 37.9 Å². The first-order chi connectivity index (χ1) is 15.0. The molecule has 9 heteroatoms. The number of rotatable bonds is 4. The molecule has 31 heavy (non-hydrogen) atoms. The minimum Gasteiger partial charge on any atom is -0.467 e. The van der Waals surface area contributed by atoms with Crippen LogP contribution in [0, 0.1) is 6.92 Å². The van der Waals surface area contributed by atoms with Gasteiger partial charge >= 0.3 is 6.01 Å². The minimum atomic E-state index is -0.921. The molecular weight excluding hydrogens is 421 g/mol. The molecule has 7 nitrogen and oxygen atoms in total. The van der Waals surface area contributed by atoms with Crippen molar-refractivity contribution in [3.05, 3.63) is 40.7 Å². The van der Waals surface area contributed by atoms with E-state index < -0.39 is 6.17 Å². The van der Waals surface area contributed by atoms with Crippen LogP contribution >= 0.6 is 11.6 Å². The smallest absolute Gasteiger partial charge is 0.319 e. The average Bonchev–Trinajstić information content (AvgIpc) is 3.43. The standard InChI is InChI=1S/C22H25ClFN5O2/c1-13-7-14-10-25-29(21-9-20(23)26-22(27-21)30-2)19(14)8-17(13)16-3-5-28(11-18(16)24)15-4-6-31-12-15/h7-10,15-16,18H,3-6,11-12H2,1-2H3/t15?,16-,18-/m1/s1. The summed E-state index contributed by atoms with van der Waals surface area (Å²) in [5.74, 6) is 0.365. The van der Waals surface area contributed by atoms with Gasteiger partial charge in [0, 0.05) is 36.6 Å². The Kier molecular flexibility index (Phi) is 5.54. The van der Waals surface area contributed by atoms with E-state index in [4.69, 9.17) is 21.1 Å². The number of aryl methyl sites for hydroxylation is 1. The summed E-state index contributed by atoms with van der Waals surface area (Å²) in [6, 6.07) is 6.27. The normalized spacial score (nSPS) is 24.7. The van der Waals surface area contributed by atoms with Crippen molar-refractivity contribution in [1.29, 1.82) is 0 Å². The Labute approximate surface area is 185 Å². The van der Waals surface area contributed by atoms with Crippen LogP contribution in [0.4, 0.5) is 4.39 Å². The van der Waals surface area contributed by atoms with E-state index in [-0.39, 0.29) is 17.1 Å². The van der Waals surface area contributed by atoms with Crippen LogP contribution in [0.25, 0.3) is 16.7 Å². The van der Waals surface area contributed by atoms with Crippen molar-refractivity contribution in [3.8, 4) is 11.8 Å². The molecule has 1 unspecified atom stereocenters. The number of aromatic nitrogens is 4. The Hall–Kier alpha value is -2.29. The molecule has 3 aromatic rings. The molecule has 1 aromatic carbocycles. The molecule has 0 bridgehead atoms. The lowest BCUT2D eigenvalue weighted by Gasteiger charge is -2.38. The first-order valence-corrected chi connectivity index (χ1v) is 10.9. The second kappa shape index (κ2) is 8.33. The number of piperidine rings is 1. The van der Waals surface area contributed by atoms with Crippen LogP contribution in [0.2, 0.25) is 5.15 Å². The molecule has 2 saturated heterocycles. The third-order valence-electron chi connectivity index (χ3n) is 6.41. The lowest BCUT2D eigenvalue weighted by atomic mass is 9.84. The highest BCUT2D eigenvalue weighted by atomic mass is 35.5. The topological polar surface area (TPSA) is 65.3 Å². The summed E-state index contributed by atoms with van der Waals surface area (Å²) in [5, 5.41) is 5.72. The highest BCUT2D eigenvalue weighted by Gasteiger charge is 2.35. The van der Waals surface area contributed by atoms with Crippen molar-refractivity contribution in [3.63, 3.8) is 0 Å². The van der Waals surface area contributed by atoms with E-state index in [0.29, 0.717) is 25.0 Å². The first-order valence-electron chi connectivity index (χ1n) is 10.6. The summed E-state index contributed by atoms with van der Waals surface area (Å²) in [5.41, 5.74) is 2.96. The van der Waals surface area contributed by atoms with Gasteiger partial charge in [-0.2, -0.15) is 15.1 Å². The summed E-state index contributed by atoms with van der Waals surface area (Å²) in [7, 11) is 1.49. The zero-order chi connectivity index (χ0) is 21.5. The Balaban J connectivity index is 1.48. The van der Waals surface area contributed by atoms with Gasteiger partial charge in [0.2, 0.25) is 0 Å². The molecule has 2 aliphatic rings. The van der Waals surface area contributed by atoms with E-state index in [9.17, 15) is 0 Å². The van der Waals surface area contributed by atoms with Crippen molar-refractivity contribution in [2.24, 2.45) is 0 Å². The predicted molar refractivity (Wildman–Crippen MR) is 116 cm³/mol. The van der Waals surface area contributed by atoms with Crippen molar-refractivity contribution >= 4 is 22.5 Å². The second-order valence-electron chi connectivity index (χ2n) is 8.28. The number of halogens is 2. The van der Waals surface area contributed by atoms with Gasteiger partial charge in [0.05, 0.1) is 25.4 Å². The second-order valence-corrected chi connectivity index (χ2v) is 8.67. The Bertz CT molecular complexity index is 1100. The zero-order valence-corrected chi connectivity index (χ0v) is 18.3. The Morgan fingerprint density at radius 1 is 1.23 bits per heavy atom. The average molecular weight is 446 g/mol. The van der Waals surface area contributed by atoms with Gasteiger partial charge in [-0.05, 0) is 49.6 Å². The molecule has 0 radical (unpaired) electrons. The molecule has 0 N–H and O–H groups in total. The number of methoxy groups -OCH3 is 1. The van der Waals surface area contributed by atoms with Crippen LogP contribution in [0.5, 0.6) is 6.01 Å². The number of ether oxygens (including phenoxy) is 2. The van der Waals surface area contributed by atoms with Crippen molar-refractivity contribution in [1.82, 2.24) is 24.6 Å². The van der Waals surface area contributed by atoms with Gasteiger partial charge in [-0.15, -0.1) is 0 Å². The molecule has 2 aromatic heterocycles. The molecule has 2 aliphatic heterocycles. The van der Waals surface area contributed by atoms with E-state index in [1.807, 2.05) is 13.0 Å². The van der Waals surface area contributed by atoms with Crippen LogP contribution < -0.4 is 4.74 Å². The fraction of sp³-hybridized carbons (Fsp3) is 0.500. The molecule has 164 valence electrons. The van der Waals surface area contributed by atoms with Crippen LogP contribution in [0.15, 0.2) is 24.4 Å². The van der Waals surface area contributed by atoms with Gasteiger partial charge in [-0.1, -0.05) is 11.6 Å². The van der Waals surface area contributed by atoms with Crippen LogP contribution in [0.3, 0.4) is 0 Å². The fourth-order valence-corrected chi connectivity index (χ4v) is 4.96. The fourth-order valence-electron chi connectivity index (χ4n) is 4.79. The summed E-state index contributed by atoms with van der Waals surface area (Å²) in [6.07, 6.45) is 2.64. The number of benzene rings is 1. The largest absolute Gasteiger partial charge is 0.467 e. The quantitative estimate of drug-likeness (QED) is 0.570. The first kappa shape index (κ1) is 20.6. The molecular formula is C22H25ClFN5O2. The number of alkyl halides is 1. The van der Waals surface area contributed by atoms with Crippen molar-refractivity contribution in [2.75, 3.05) is 33.4 Å². The Morgan fingerprint density at radius 3 is 2.84 bits per heavy atom. The summed E-state index contributed by atoms with van der Waals surface area (Å²) in [6.45, 7) is 4.87. The van der Waals surface area contributed by atoms with Crippen LogP contribution in [0.1, 0.15) is 29.9 Å². The van der Waals surface area contributed by atoms with Gasteiger partial charge < -0.3 is 9.47 Å². The maximum Gasteiger partial charge on any atom is 0.319 e. The van der Waals surface area contributed by atoms with Gasteiger partial charge in [0.25, 0.3) is 0 Å². The lowest BCUT2D eigenvalue weighted by molar-refractivity contribution is 0.0728. The number of hydrogen-bond acceptors (Lipinski definition) is 6. The number of nitrogens with zero attached hydrogens (tertiary/aromatic N) is 5. The van der Waals surface area contributed by atoms with Crippen LogP contribution in [-0.2, 0) is 4.74 Å². The maximum absolute atomic E-state index is 15.4. The monoisotopic (exact) mass is 445 g/mol. The van der Waals surface area contributed by atoms with Crippen molar-refractivity contribution < 1.29 is 13.9 Å². The molecule has 0 aliphatic carbocycles. The predicted octanol–water partition coefficient (Wildman–Crippen LogP) is 3.70. The number of hydrogen-bond donors (Lipinski definition) is 0. The van der Waals surface area contributed by atoms with Gasteiger partial charge in [-0.25, -0.2) is 9.07 Å².